The molecule has 0 bridgehead atoms. The maximum atomic E-state index is 8.50. The predicted molar refractivity (Wildman–Crippen MR) is 186 cm³/mol. The second-order valence-corrected chi connectivity index (χ2v) is 11.0. The van der Waals surface area contributed by atoms with E-state index in [1.54, 1.807) is 0 Å². The van der Waals surface area contributed by atoms with E-state index in [0.717, 1.165) is 60.5 Å². The lowest BCUT2D eigenvalue weighted by Crippen LogP contribution is -1.96. The molecule has 9 aromatic rings. The van der Waals surface area contributed by atoms with Crippen LogP contribution in [0.2, 0.25) is 0 Å². The molecule has 0 saturated heterocycles. The van der Waals surface area contributed by atoms with Crippen LogP contribution in [0.3, 0.4) is 0 Å². The fourth-order valence-corrected chi connectivity index (χ4v) is 6.68. The fourth-order valence-electron chi connectivity index (χ4n) is 6.68. The van der Waals surface area contributed by atoms with Crippen molar-refractivity contribution < 1.29 is 6.85 Å². The van der Waals surface area contributed by atoms with Gasteiger partial charge in [0.05, 0.1) is 28.9 Å². The first-order valence-corrected chi connectivity index (χ1v) is 14.7. The summed E-state index contributed by atoms with van der Waals surface area (Å²) in [7, 11) is 0. The van der Waals surface area contributed by atoms with Gasteiger partial charge in [-0.3, -0.25) is 0 Å². The number of hydrogen-bond acceptors (Lipinski definition) is 0. The van der Waals surface area contributed by atoms with Gasteiger partial charge in [-0.15, -0.1) is 0 Å². The normalized spacial score (nSPS) is 13.2. The zero-order valence-electron chi connectivity index (χ0n) is 28.7. The highest BCUT2D eigenvalue weighted by molar-refractivity contribution is 6.26. The van der Waals surface area contributed by atoms with Gasteiger partial charge in [0.15, 0.2) is 0 Å². The average molecular weight is 566 g/mol. The molecule has 206 valence electrons. The SMILES string of the molecule is [2H]c1c([2H])c([2H])c(-c2ccc(-n3c4ccccc4c4ccc5c(c6ccccc6n5-c5cccc(-c6ccccc6)c5)c43)cc2)c([2H])c1[2H]. The van der Waals surface area contributed by atoms with Crippen LogP contribution < -0.4 is 0 Å². The van der Waals surface area contributed by atoms with Crippen LogP contribution in [0.25, 0.3) is 77.2 Å². The molecule has 0 fully saturated rings. The summed E-state index contributed by atoms with van der Waals surface area (Å²) in [6.45, 7) is 0. The van der Waals surface area contributed by atoms with E-state index in [4.69, 9.17) is 6.85 Å². The van der Waals surface area contributed by atoms with Crippen molar-refractivity contribution >= 4 is 43.6 Å². The first kappa shape index (κ1) is 20.1. The number of hydrogen-bond donors (Lipinski definition) is 0. The predicted octanol–water partition coefficient (Wildman–Crippen LogP) is 11.2. The van der Waals surface area contributed by atoms with Gasteiger partial charge in [0.1, 0.15) is 0 Å². The number of benzene rings is 7. The van der Waals surface area contributed by atoms with E-state index in [1.165, 1.54) is 5.56 Å². The minimum Gasteiger partial charge on any atom is -0.309 e. The molecule has 0 unspecified atom stereocenters. The first-order valence-electron chi connectivity index (χ1n) is 17.2. The van der Waals surface area contributed by atoms with Gasteiger partial charge in [-0.1, -0.05) is 127 Å². The lowest BCUT2D eigenvalue weighted by molar-refractivity contribution is 1.17. The Balaban J connectivity index is 1.32. The van der Waals surface area contributed by atoms with Gasteiger partial charge in [-0.25, -0.2) is 0 Å². The van der Waals surface area contributed by atoms with E-state index in [-0.39, 0.29) is 29.7 Å². The van der Waals surface area contributed by atoms with E-state index in [2.05, 4.69) is 112 Å². The molecule has 0 N–H and O–H groups in total. The van der Waals surface area contributed by atoms with Gasteiger partial charge in [0.2, 0.25) is 0 Å². The van der Waals surface area contributed by atoms with Crippen molar-refractivity contribution in [1.82, 2.24) is 9.13 Å². The molecule has 44 heavy (non-hydrogen) atoms. The summed E-state index contributed by atoms with van der Waals surface area (Å²) in [5.41, 5.74) is 9.44. The van der Waals surface area contributed by atoms with Gasteiger partial charge < -0.3 is 9.13 Å². The highest BCUT2D eigenvalue weighted by Gasteiger charge is 2.20. The lowest BCUT2D eigenvalue weighted by atomic mass is 10.1. The number of fused-ring (bicyclic) bond motifs is 7. The lowest BCUT2D eigenvalue weighted by Gasteiger charge is -2.12. The van der Waals surface area contributed by atoms with Crippen LogP contribution in [0.15, 0.2) is 170 Å². The van der Waals surface area contributed by atoms with Crippen LogP contribution in [0.5, 0.6) is 0 Å². The second kappa shape index (κ2) is 9.86. The van der Waals surface area contributed by atoms with E-state index in [9.17, 15) is 0 Å². The fraction of sp³-hybridized carbons (Fsp3) is 0. The van der Waals surface area contributed by atoms with E-state index >= 15 is 0 Å². The second-order valence-electron chi connectivity index (χ2n) is 11.0. The van der Waals surface area contributed by atoms with Crippen LogP contribution in [-0.2, 0) is 0 Å². The van der Waals surface area contributed by atoms with Crippen molar-refractivity contribution in [1.29, 1.82) is 0 Å². The van der Waals surface area contributed by atoms with Gasteiger partial charge in [0, 0.05) is 32.9 Å². The third kappa shape index (κ3) is 3.75. The van der Waals surface area contributed by atoms with Crippen molar-refractivity contribution in [3.63, 3.8) is 0 Å². The Kier molecular flexibility index (Phi) is 4.51. The molecule has 0 amide bonds. The largest absolute Gasteiger partial charge is 0.309 e. The maximum absolute atomic E-state index is 8.50. The van der Waals surface area contributed by atoms with Crippen LogP contribution in [0.1, 0.15) is 6.85 Å². The average Bonchev–Trinajstić information content (AvgIpc) is 3.67. The molecule has 0 aliphatic carbocycles. The zero-order chi connectivity index (χ0) is 33.4. The molecule has 2 aromatic heterocycles. The maximum Gasteiger partial charge on any atom is 0.0641 e. The molecule has 0 saturated carbocycles. The van der Waals surface area contributed by atoms with Gasteiger partial charge in [-0.05, 0) is 64.7 Å². The Labute approximate surface area is 262 Å². The monoisotopic (exact) mass is 565 g/mol. The van der Waals surface area contributed by atoms with E-state index < -0.39 is 6.04 Å². The first-order chi connectivity index (χ1) is 23.9. The van der Waals surface area contributed by atoms with Crippen molar-refractivity contribution in [3.05, 3.63) is 170 Å². The molecule has 2 nitrogen and oxygen atoms in total. The minimum atomic E-state index is -0.393. The van der Waals surface area contributed by atoms with Gasteiger partial charge in [-0.2, -0.15) is 0 Å². The number of para-hydroxylation sites is 2. The molecule has 0 spiro atoms. The Hall–Kier alpha value is -5.86. The minimum absolute atomic E-state index is 0.197. The molecule has 2 heterocycles. The number of rotatable bonds is 4. The Morgan fingerprint density at radius 2 is 1.05 bits per heavy atom. The summed E-state index contributed by atoms with van der Waals surface area (Å²) in [5, 5.41) is 4.56. The molecule has 0 radical (unpaired) electrons. The van der Waals surface area contributed by atoms with Crippen molar-refractivity contribution in [2.75, 3.05) is 0 Å². The third-order valence-electron chi connectivity index (χ3n) is 8.60. The standard InChI is InChI=1S/C42H28N2/c1-3-12-29(13-4-1)31-22-24-33(25-23-31)44-38-20-9-7-18-35(38)36-26-27-40-41(42(36)44)37-19-8-10-21-39(37)43(40)34-17-11-16-32(28-34)30-14-5-2-6-15-30/h1-28H/i1D,3D,4D,12D,13D. The molecule has 0 aliphatic heterocycles. The molecule has 0 aliphatic rings. The molecular weight excluding hydrogens is 532 g/mol. The molecule has 2 heteroatoms. The van der Waals surface area contributed by atoms with Crippen molar-refractivity contribution in [3.8, 4) is 33.6 Å². The summed E-state index contributed by atoms with van der Waals surface area (Å²) < 4.78 is 46.0. The Bertz CT molecular complexity index is 2730. The third-order valence-corrected chi connectivity index (χ3v) is 8.60. The summed E-state index contributed by atoms with van der Waals surface area (Å²) >= 11 is 0. The smallest absolute Gasteiger partial charge is 0.0641 e. The Morgan fingerprint density at radius 3 is 1.84 bits per heavy atom. The zero-order valence-corrected chi connectivity index (χ0v) is 23.7. The van der Waals surface area contributed by atoms with Gasteiger partial charge in [0.25, 0.3) is 0 Å². The van der Waals surface area contributed by atoms with E-state index in [1.807, 2.05) is 36.4 Å². The topological polar surface area (TPSA) is 9.86 Å². The summed E-state index contributed by atoms with van der Waals surface area (Å²) in [6, 6.07) is 46.7. The van der Waals surface area contributed by atoms with Crippen molar-refractivity contribution in [2.45, 2.75) is 0 Å². The highest BCUT2D eigenvalue weighted by Crippen LogP contribution is 2.42. The van der Waals surface area contributed by atoms with Crippen molar-refractivity contribution in [2.24, 2.45) is 0 Å². The van der Waals surface area contributed by atoms with Crippen LogP contribution in [0.4, 0.5) is 0 Å². The number of aromatic nitrogens is 2. The molecule has 0 atom stereocenters. The molecule has 9 rings (SSSR count). The summed E-state index contributed by atoms with van der Waals surface area (Å²) in [4.78, 5) is 0. The summed E-state index contributed by atoms with van der Waals surface area (Å²) in [5.74, 6) is 0. The molecular formula is C42H28N2. The molecule has 7 aromatic carbocycles. The summed E-state index contributed by atoms with van der Waals surface area (Å²) in [6.07, 6.45) is 0. The van der Waals surface area contributed by atoms with Gasteiger partial charge >= 0.3 is 0 Å². The Morgan fingerprint density at radius 1 is 0.386 bits per heavy atom. The van der Waals surface area contributed by atoms with Crippen LogP contribution in [0, 0.1) is 0 Å². The highest BCUT2D eigenvalue weighted by atomic mass is 15.0. The van der Waals surface area contributed by atoms with Crippen LogP contribution in [-0.4, -0.2) is 9.13 Å². The quantitative estimate of drug-likeness (QED) is 0.201. The van der Waals surface area contributed by atoms with Crippen LogP contribution >= 0.6 is 0 Å². The van der Waals surface area contributed by atoms with E-state index in [0.29, 0.717) is 5.56 Å². The number of nitrogens with zero attached hydrogens (tertiary/aromatic N) is 2.